The lowest BCUT2D eigenvalue weighted by Gasteiger charge is -2.36. The Morgan fingerprint density at radius 3 is 2.07 bits per heavy atom. The normalized spacial score (nSPS) is 12.7. The molecule has 0 heterocycles. The minimum atomic E-state index is -0.196. The molecule has 0 saturated heterocycles. The van der Waals surface area contributed by atoms with E-state index in [1.165, 1.54) is 16.7 Å². The monoisotopic (exact) mass is 486 g/mol. The summed E-state index contributed by atoms with van der Waals surface area (Å²) >= 11 is 5.66. The smallest absolute Gasteiger partial charge is 0.0864 e. The number of alkyl halides is 1. The van der Waals surface area contributed by atoms with Gasteiger partial charge in [-0.25, -0.2) is 0 Å². The molecule has 2 aromatic carbocycles. The molecule has 0 bridgehead atoms. The van der Waals surface area contributed by atoms with E-state index in [0.717, 1.165) is 38.2 Å². The predicted octanol–water partition coefficient (Wildman–Crippen LogP) is 8.16. The zero-order valence-corrected chi connectivity index (χ0v) is 21.0. The molecule has 0 saturated carbocycles. The number of unbranched alkanes of at least 4 members (excludes halogenated alkanes) is 1. The van der Waals surface area contributed by atoms with Crippen LogP contribution >= 0.6 is 27.7 Å². The minimum absolute atomic E-state index is 0.0302. The summed E-state index contributed by atoms with van der Waals surface area (Å²) in [4.78, 5) is 0. The largest absolute Gasteiger partial charge is 0.380 e. The third kappa shape index (κ3) is 7.44. The van der Waals surface area contributed by atoms with Crippen LogP contribution in [0.1, 0.15) is 51.2 Å². The minimum Gasteiger partial charge on any atom is -0.380 e. The number of allylic oxidation sites excluding steroid dienone is 2. The van der Waals surface area contributed by atoms with Gasteiger partial charge in [-0.15, -0.1) is 18.3 Å². The molecule has 0 fully saturated rings. The summed E-state index contributed by atoms with van der Waals surface area (Å²) in [5, 5.41) is 0. The van der Waals surface area contributed by atoms with Crippen LogP contribution in [0.3, 0.4) is 0 Å². The molecule has 0 spiro atoms. The van der Waals surface area contributed by atoms with Crippen LogP contribution in [-0.2, 0) is 9.48 Å². The Balaban J connectivity index is 2.30. The summed E-state index contributed by atoms with van der Waals surface area (Å²) in [7, 11) is 0. The van der Waals surface area contributed by atoms with Gasteiger partial charge >= 0.3 is 0 Å². The van der Waals surface area contributed by atoms with Crippen LogP contribution in [0.15, 0.2) is 85.0 Å². The van der Waals surface area contributed by atoms with Gasteiger partial charge in [0.15, 0.2) is 0 Å². The van der Waals surface area contributed by atoms with Gasteiger partial charge in [-0.1, -0.05) is 94.3 Å². The molecule has 0 N–H and O–H groups in total. The van der Waals surface area contributed by atoms with Crippen molar-refractivity contribution in [2.45, 2.75) is 49.1 Å². The van der Waals surface area contributed by atoms with Gasteiger partial charge in [-0.2, -0.15) is 0 Å². The van der Waals surface area contributed by atoms with Gasteiger partial charge in [-0.05, 0) is 56.9 Å². The van der Waals surface area contributed by atoms with Crippen molar-refractivity contribution in [1.29, 1.82) is 0 Å². The van der Waals surface area contributed by atoms with E-state index in [1.807, 2.05) is 17.8 Å². The van der Waals surface area contributed by atoms with Crippen LogP contribution in [0.4, 0.5) is 0 Å². The summed E-state index contributed by atoms with van der Waals surface area (Å²) in [6.07, 6.45) is 7.42. The van der Waals surface area contributed by atoms with Crippen molar-refractivity contribution in [3.8, 4) is 0 Å². The van der Waals surface area contributed by atoms with Gasteiger partial charge in [0.05, 0.1) is 11.4 Å². The highest BCUT2D eigenvalue weighted by Gasteiger charge is 2.36. The van der Waals surface area contributed by atoms with Crippen LogP contribution < -0.4 is 0 Å². The average molecular weight is 488 g/mol. The quantitative estimate of drug-likeness (QED) is 0.160. The van der Waals surface area contributed by atoms with E-state index in [-0.39, 0.29) is 9.07 Å². The highest BCUT2D eigenvalue weighted by Crippen LogP contribution is 2.49. The first-order chi connectivity index (χ1) is 14.4. The van der Waals surface area contributed by atoms with Crippen molar-refractivity contribution in [2.24, 2.45) is 0 Å². The van der Waals surface area contributed by atoms with Crippen LogP contribution in [-0.4, -0.2) is 23.3 Å². The molecule has 162 valence electrons. The Morgan fingerprint density at radius 1 is 1.00 bits per heavy atom. The molecule has 0 aliphatic heterocycles. The molecule has 0 radical (unpaired) electrons. The summed E-state index contributed by atoms with van der Waals surface area (Å²) in [6.45, 7) is 11.9. The number of benzene rings is 2. The molecule has 0 unspecified atom stereocenters. The maximum Gasteiger partial charge on any atom is 0.0864 e. The van der Waals surface area contributed by atoms with Gasteiger partial charge in [-0.3, -0.25) is 0 Å². The van der Waals surface area contributed by atoms with Gasteiger partial charge in [0.1, 0.15) is 0 Å². The number of rotatable bonds is 13. The Morgan fingerprint density at radius 2 is 1.57 bits per heavy atom. The van der Waals surface area contributed by atoms with E-state index in [1.54, 1.807) is 0 Å². The summed E-state index contributed by atoms with van der Waals surface area (Å²) in [6, 6.07) is 21.8. The first kappa shape index (κ1) is 25.0. The van der Waals surface area contributed by atoms with E-state index >= 15 is 0 Å². The lowest BCUT2D eigenvalue weighted by molar-refractivity contribution is 0.122. The van der Waals surface area contributed by atoms with Gasteiger partial charge in [0.25, 0.3) is 0 Å². The topological polar surface area (TPSA) is 9.23 Å². The maximum atomic E-state index is 5.88. The van der Waals surface area contributed by atoms with Crippen LogP contribution in [0, 0.1) is 0 Å². The van der Waals surface area contributed by atoms with Crippen molar-refractivity contribution >= 4 is 27.7 Å². The first-order valence-corrected chi connectivity index (χ1v) is 12.5. The van der Waals surface area contributed by atoms with Crippen molar-refractivity contribution in [3.05, 3.63) is 96.1 Å². The Labute approximate surface area is 196 Å². The average Bonchev–Trinajstić information content (AvgIpc) is 2.74. The fraction of sp³-hybridized carbons (Fsp3) is 0.407. The first-order valence-electron chi connectivity index (χ1n) is 10.7. The molecule has 0 atom stereocenters. The lowest BCUT2D eigenvalue weighted by atomic mass is 9.84. The Kier molecular flexibility index (Phi) is 10.4. The molecule has 1 nitrogen and oxygen atoms in total. The van der Waals surface area contributed by atoms with Crippen LogP contribution in [0.5, 0.6) is 0 Å². The second-order valence-corrected chi connectivity index (χ2v) is 11.6. The van der Waals surface area contributed by atoms with E-state index in [2.05, 4.69) is 110 Å². The summed E-state index contributed by atoms with van der Waals surface area (Å²) < 4.78 is 5.71. The van der Waals surface area contributed by atoms with Crippen molar-refractivity contribution in [1.82, 2.24) is 0 Å². The lowest BCUT2D eigenvalue weighted by Crippen LogP contribution is -2.26. The summed E-state index contributed by atoms with van der Waals surface area (Å²) in [5.74, 6) is 1.03. The third-order valence-electron chi connectivity index (χ3n) is 4.93. The molecule has 2 rings (SSSR count). The number of ether oxygens (including phenoxy) is 1. The fourth-order valence-corrected chi connectivity index (χ4v) is 5.16. The Bertz CT molecular complexity index is 738. The highest BCUT2D eigenvalue weighted by atomic mass is 79.9. The second-order valence-electron chi connectivity index (χ2n) is 8.14. The maximum absolute atomic E-state index is 5.88. The zero-order chi connectivity index (χ0) is 21.9. The van der Waals surface area contributed by atoms with Gasteiger partial charge < -0.3 is 4.74 Å². The van der Waals surface area contributed by atoms with Crippen molar-refractivity contribution in [2.75, 3.05) is 19.0 Å². The van der Waals surface area contributed by atoms with E-state index in [0.29, 0.717) is 0 Å². The van der Waals surface area contributed by atoms with E-state index in [9.17, 15) is 0 Å². The van der Waals surface area contributed by atoms with E-state index < -0.39 is 0 Å². The molecule has 3 heteroatoms. The standard InChI is InChI=1S/C27H35BrOS/c1-5-6-9-15-23(2)27(24-16-10-7-11-17-24,25-18-12-8-13-19-25)30-21-14-20-29-22-26(3,4)28/h5,7-8,10-13,15-19H,1,6,9,14,20-22H2,2-4H3/b23-15+. The molecule has 30 heavy (non-hydrogen) atoms. The van der Waals surface area contributed by atoms with Crippen LogP contribution in [0.25, 0.3) is 0 Å². The van der Waals surface area contributed by atoms with Gasteiger partial charge in [0, 0.05) is 10.9 Å². The third-order valence-corrected chi connectivity index (χ3v) is 6.88. The molecular formula is C27H35BrOS. The number of hydrogen-bond acceptors (Lipinski definition) is 2. The van der Waals surface area contributed by atoms with Crippen molar-refractivity contribution in [3.63, 3.8) is 0 Å². The fourth-order valence-electron chi connectivity index (χ4n) is 3.51. The molecule has 0 aliphatic rings. The molecule has 0 aliphatic carbocycles. The number of thioether (sulfide) groups is 1. The number of halogens is 1. The molecule has 2 aromatic rings. The molecule has 0 amide bonds. The predicted molar refractivity (Wildman–Crippen MR) is 138 cm³/mol. The summed E-state index contributed by atoms with van der Waals surface area (Å²) in [5.41, 5.74) is 4.04. The van der Waals surface area contributed by atoms with E-state index in [4.69, 9.17) is 4.74 Å². The van der Waals surface area contributed by atoms with Gasteiger partial charge in [0.2, 0.25) is 0 Å². The Hall–Kier alpha value is -1.29. The molecule has 0 aromatic heterocycles. The highest BCUT2D eigenvalue weighted by molar-refractivity contribution is 9.10. The van der Waals surface area contributed by atoms with Crippen molar-refractivity contribution < 1.29 is 4.74 Å². The number of hydrogen-bond donors (Lipinski definition) is 0. The zero-order valence-electron chi connectivity index (χ0n) is 18.6. The second kappa shape index (κ2) is 12.5. The van der Waals surface area contributed by atoms with Crippen LogP contribution in [0.2, 0.25) is 0 Å². The SMILES string of the molecule is C=CCC/C=C(\C)C(SCCCOCC(C)(C)Br)(c1ccccc1)c1ccccc1. The molecular weight excluding hydrogens is 452 g/mol.